The van der Waals surface area contributed by atoms with E-state index in [9.17, 15) is 9.59 Å². The van der Waals surface area contributed by atoms with Crippen LogP contribution in [-0.4, -0.2) is 68.0 Å². The molecule has 0 radical (unpaired) electrons. The summed E-state index contributed by atoms with van der Waals surface area (Å²) in [6, 6.07) is 5.44. The van der Waals surface area contributed by atoms with Crippen molar-refractivity contribution in [3.8, 4) is 5.82 Å². The molecule has 0 spiro atoms. The summed E-state index contributed by atoms with van der Waals surface area (Å²) < 4.78 is 3.25. The molecule has 2 fully saturated rings. The highest BCUT2D eigenvalue weighted by Gasteiger charge is 2.27. The normalized spacial score (nSPS) is 22.0. The lowest BCUT2D eigenvalue weighted by atomic mass is 9.96. The number of carbonyl (C=O) groups is 1. The van der Waals surface area contributed by atoms with E-state index < -0.39 is 0 Å². The van der Waals surface area contributed by atoms with Crippen LogP contribution in [-0.2, 0) is 11.3 Å². The van der Waals surface area contributed by atoms with Gasteiger partial charge in [-0.2, -0.15) is 5.10 Å². The predicted octanol–water partition coefficient (Wildman–Crippen LogP) is 1.54. The highest BCUT2D eigenvalue weighted by molar-refractivity contribution is 5.76. The number of hydrogen-bond acceptors (Lipinski definition) is 5. The van der Waals surface area contributed by atoms with E-state index in [2.05, 4.69) is 15.1 Å². The van der Waals surface area contributed by atoms with Crippen LogP contribution in [0.5, 0.6) is 0 Å². The van der Waals surface area contributed by atoms with Gasteiger partial charge in [-0.25, -0.2) is 9.36 Å². The Morgan fingerprint density at radius 2 is 1.90 bits per heavy atom. The molecule has 4 rings (SSSR count). The number of nitrogens with zero attached hydrogens (tertiary/aromatic N) is 6. The maximum Gasteiger partial charge on any atom is 0.266 e. The molecule has 2 aliphatic heterocycles. The first-order valence-corrected chi connectivity index (χ1v) is 10.7. The minimum absolute atomic E-state index is 0.0677. The van der Waals surface area contributed by atoms with Crippen molar-refractivity contribution in [3.05, 3.63) is 40.9 Å². The van der Waals surface area contributed by atoms with Crippen LogP contribution in [0.4, 0.5) is 0 Å². The van der Waals surface area contributed by atoms with E-state index in [0.717, 1.165) is 51.7 Å². The van der Waals surface area contributed by atoms with Crippen LogP contribution in [0, 0.1) is 5.92 Å². The molecule has 8 nitrogen and oxygen atoms in total. The molecule has 0 aliphatic carbocycles. The van der Waals surface area contributed by atoms with E-state index in [1.165, 1.54) is 0 Å². The Labute approximate surface area is 171 Å². The minimum Gasteiger partial charge on any atom is -0.341 e. The molecule has 2 aromatic rings. The molecule has 8 heteroatoms. The van der Waals surface area contributed by atoms with Gasteiger partial charge in [-0.3, -0.25) is 9.59 Å². The first kappa shape index (κ1) is 19.8. The molecule has 2 saturated heterocycles. The molecular formula is C21H30N6O2. The third-order valence-corrected chi connectivity index (χ3v) is 6.32. The van der Waals surface area contributed by atoms with E-state index in [1.807, 2.05) is 24.2 Å². The minimum atomic E-state index is -0.0677. The Morgan fingerprint density at radius 1 is 1.07 bits per heavy atom. The van der Waals surface area contributed by atoms with Crippen molar-refractivity contribution in [2.45, 2.75) is 51.1 Å². The molecule has 0 N–H and O–H groups in total. The third kappa shape index (κ3) is 4.75. The number of likely N-dealkylation sites (N-methyl/N-ethyl adjacent to an activating group) is 1. The van der Waals surface area contributed by atoms with E-state index >= 15 is 0 Å². The van der Waals surface area contributed by atoms with Crippen molar-refractivity contribution in [2.24, 2.45) is 5.92 Å². The summed E-state index contributed by atoms with van der Waals surface area (Å²) in [6.07, 6.45) is 9.56. The van der Waals surface area contributed by atoms with Gasteiger partial charge in [0.05, 0.1) is 0 Å². The largest absolute Gasteiger partial charge is 0.341 e. The smallest absolute Gasteiger partial charge is 0.266 e. The van der Waals surface area contributed by atoms with Crippen molar-refractivity contribution in [1.82, 2.24) is 29.4 Å². The number of rotatable bonds is 5. The van der Waals surface area contributed by atoms with Gasteiger partial charge in [0.2, 0.25) is 5.91 Å². The summed E-state index contributed by atoms with van der Waals surface area (Å²) in [5.74, 6) is 1.39. The van der Waals surface area contributed by atoms with Crippen LogP contribution in [0.3, 0.4) is 0 Å². The van der Waals surface area contributed by atoms with Gasteiger partial charge in [-0.05, 0) is 56.8 Å². The van der Waals surface area contributed by atoms with E-state index in [-0.39, 0.29) is 11.5 Å². The van der Waals surface area contributed by atoms with Crippen LogP contribution >= 0.6 is 0 Å². The van der Waals surface area contributed by atoms with Gasteiger partial charge in [0.15, 0.2) is 5.82 Å². The lowest BCUT2D eigenvalue weighted by Gasteiger charge is -2.36. The maximum absolute atomic E-state index is 12.3. The summed E-state index contributed by atoms with van der Waals surface area (Å²) in [6.45, 7) is 3.62. The summed E-state index contributed by atoms with van der Waals surface area (Å²) >= 11 is 0. The summed E-state index contributed by atoms with van der Waals surface area (Å²) in [5, 5.41) is 8.69. The number of carbonyl (C=O) groups excluding carboxylic acids is 1. The molecule has 1 unspecified atom stereocenters. The van der Waals surface area contributed by atoms with Crippen molar-refractivity contribution >= 4 is 5.91 Å². The predicted molar refractivity (Wildman–Crippen MR) is 110 cm³/mol. The molecule has 1 atom stereocenters. The Hall–Kier alpha value is -2.48. The van der Waals surface area contributed by atoms with Gasteiger partial charge >= 0.3 is 0 Å². The van der Waals surface area contributed by atoms with Crippen LogP contribution in [0.1, 0.15) is 38.5 Å². The molecule has 0 bridgehead atoms. The zero-order chi connectivity index (χ0) is 20.2. The number of aromatic nitrogens is 4. The maximum atomic E-state index is 12.3. The number of piperidine rings is 1. The lowest BCUT2D eigenvalue weighted by molar-refractivity contribution is -0.131. The zero-order valence-electron chi connectivity index (χ0n) is 17.1. The average molecular weight is 399 g/mol. The van der Waals surface area contributed by atoms with E-state index in [0.29, 0.717) is 30.7 Å². The monoisotopic (exact) mass is 398 g/mol. The summed E-state index contributed by atoms with van der Waals surface area (Å²) in [7, 11) is 1.95. The molecule has 0 aromatic carbocycles. The Balaban J connectivity index is 1.33. The SMILES string of the molecule is CN1C(=O)CCCCC1CN1CCC(Cn2nc(-n3cccn3)ccc2=O)CC1. The van der Waals surface area contributed by atoms with Gasteiger partial charge in [-0.15, -0.1) is 5.10 Å². The van der Waals surface area contributed by atoms with E-state index in [1.54, 1.807) is 27.7 Å². The van der Waals surface area contributed by atoms with Crippen LogP contribution in [0.15, 0.2) is 35.4 Å². The molecule has 2 aromatic heterocycles. The van der Waals surface area contributed by atoms with Crippen LogP contribution in [0.25, 0.3) is 5.82 Å². The third-order valence-electron chi connectivity index (χ3n) is 6.32. The lowest BCUT2D eigenvalue weighted by Crippen LogP contribution is -2.46. The van der Waals surface area contributed by atoms with Gasteiger partial charge in [0, 0.05) is 51.1 Å². The van der Waals surface area contributed by atoms with Crippen LogP contribution in [0.2, 0.25) is 0 Å². The molecule has 2 aliphatic rings. The number of amides is 1. The summed E-state index contributed by atoms with van der Waals surface area (Å²) in [5.41, 5.74) is -0.0677. The molecule has 0 saturated carbocycles. The molecule has 156 valence electrons. The van der Waals surface area contributed by atoms with E-state index in [4.69, 9.17) is 0 Å². The Morgan fingerprint density at radius 3 is 2.66 bits per heavy atom. The van der Waals surface area contributed by atoms with Crippen molar-refractivity contribution in [3.63, 3.8) is 0 Å². The fraction of sp³-hybridized carbons (Fsp3) is 0.619. The second kappa shape index (κ2) is 8.90. The standard InChI is InChI=1S/C21H30N6O2/c1-24-18(5-2-3-6-20(24)28)16-25-13-9-17(10-14-25)15-27-21(29)8-7-19(23-27)26-12-4-11-22-26/h4,7-8,11-12,17-18H,2-3,5-6,9-10,13-16H2,1H3. The molecule has 4 heterocycles. The Bertz CT molecular complexity index is 870. The highest BCUT2D eigenvalue weighted by Crippen LogP contribution is 2.22. The second-order valence-corrected chi connectivity index (χ2v) is 8.31. The van der Waals surface area contributed by atoms with Gasteiger partial charge in [0.25, 0.3) is 5.56 Å². The van der Waals surface area contributed by atoms with Crippen molar-refractivity contribution in [1.29, 1.82) is 0 Å². The first-order chi connectivity index (χ1) is 14.1. The van der Waals surface area contributed by atoms with Gasteiger partial charge in [0.1, 0.15) is 0 Å². The number of likely N-dealkylation sites (tertiary alicyclic amines) is 2. The average Bonchev–Trinajstić information content (AvgIpc) is 3.22. The van der Waals surface area contributed by atoms with Crippen molar-refractivity contribution < 1.29 is 4.79 Å². The highest BCUT2D eigenvalue weighted by atomic mass is 16.2. The zero-order valence-corrected chi connectivity index (χ0v) is 17.1. The second-order valence-electron chi connectivity index (χ2n) is 8.31. The first-order valence-electron chi connectivity index (χ1n) is 10.7. The Kier molecular flexibility index (Phi) is 6.08. The molecular weight excluding hydrogens is 368 g/mol. The molecule has 1 amide bonds. The summed E-state index contributed by atoms with van der Waals surface area (Å²) in [4.78, 5) is 28.8. The molecule has 29 heavy (non-hydrogen) atoms. The van der Waals surface area contributed by atoms with Gasteiger partial charge in [-0.1, -0.05) is 6.42 Å². The quantitative estimate of drug-likeness (QED) is 0.764. The topological polar surface area (TPSA) is 76.3 Å². The number of hydrogen-bond donors (Lipinski definition) is 0. The van der Waals surface area contributed by atoms with Gasteiger partial charge < -0.3 is 9.80 Å². The fourth-order valence-electron chi connectivity index (χ4n) is 4.43. The van der Waals surface area contributed by atoms with Crippen LogP contribution < -0.4 is 5.56 Å². The fourth-order valence-corrected chi connectivity index (χ4v) is 4.43. The van der Waals surface area contributed by atoms with Crippen molar-refractivity contribution in [2.75, 3.05) is 26.7 Å².